The van der Waals surface area contributed by atoms with Crippen LogP contribution in [-0.2, 0) is 4.74 Å². The zero-order valence-electron chi connectivity index (χ0n) is 12.8. The molecule has 1 aliphatic heterocycles. The van der Waals surface area contributed by atoms with Gasteiger partial charge in [0.15, 0.2) is 0 Å². The molecule has 1 heterocycles. The first-order chi connectivity index (χ1) is 8.49. The number of piperazine rings is 1. The van der Waals surface area contributed by atoms with E-state index in [-0.39, 0.29) is 0 Å². The van der Waals surface area contributed by atoms with Gasteiger partial charge < -0.3 is 10.1 Å². The predicted octanol–water partition coefficient (Wildman–Crippen LogP) is 2.26. The molecule has 2 fully saturated rings. The number of ether oxygens (including phenoxy) is 1. The van der Waals surface area contributed by atoms with Crippen LogP contribution in [0.5, 0.6) is 0 Å². The molecular formula is C15H30N2O. The molecular weight excluding hydrogens is 224 g/mol. The maximum atomic E-state index is 5.58. The average molecular weight is 254 g/mol. The Morgan fingerprint density at radius 3 is 2.44 bits per heavy atom. The van der Waals surface area contributed by atoms with Crippen LogP contribution in [0.4, 0.5) is 0 Å². The van der Waals surface area contributed by atoms with E-state index in [0.717, 1.165) is 6.54 Å². The molecule has 0 bridgehead atoms. The third kappa shape index (κ3) is 2.21. The van der Waals surface area contributed by atoms with Crippen molar-refractivity contribution in [2.75, 3.05) is 26.7 Å². The van der Waals surface area contributed by atoms with E-state index in [1.54, 1.807) is 0 Å². The molecule has 106 valence electrons. The summed E-state index contributed by atoms with van der Waals surface area (Å²) in [4.78, 5) is 2.71. The molecule has 0 aromatic heterocycles. The standard InChI is InChI=1S/C15H30N2O/c1-6-15(7-2)11-17(9-8-16-15)12-10-13(18-5)14(12,3)4/h12-13,16H,6-11H2,1-5H3. The van der Waals surface area contributed by atoms with Gasteiger partial charge in [-0.3, -0.25) is 4.90 Å². The minimum Gasteiger partial charge on any atom is -0.381 e. The molecule has 0 spiro atoms. The van der Waals surface area contributed by atoms with Gasteiger partial charge in [0.1, 0.15) is 0 Å². The normalized spacial score (nSPS) is 35.2. The Hall–Kier alpha value is -0.120. The summed E-state index contributed by atoms with van der Waals surface area (Å²) in [7, 11) is 1.85. The van der Waals surface area contributed by atoms with Crippen molar-refractivity contribution in [2.45, 2.75) is 64.6 Å². The summed E-state index contributed by atoms with van der Waals surface area (Å²) in [5, 5.41) is 3.74. The molecule has 2 rings (SSSR count). The minimum atomic E-state index is 0.305. The fraction of sp³-hybridized carbons (Fsp3) is 1.00. The van der Waals surface area contributed by atoms with Crippen LogP contribution in [0, 0.1) is 5.41 Å². The van der Waals surface area contributed by atoms with Gasteiger partial charge in [-0.2, -0.15) is 0 Å². The molecule has 1 saturated heterocycles. The van der Waals surface area contributed by atoms with E-state index in [0.29, 0.717) is 23.1 Å². The second-order valence-corrected chi connectivity index (χ2v) is 6.68. The molecule has 2 aliphatic rings. The van der Waals surface area contributed by atoms with E-state index in [4.69, 9.17) is 4.74 Å². The van der Waals surface area contributed by atoms with Gasteiger partial charge in [-0.05, 0) is 19.3 Å². The summed E-state index contributed by atoms with van der Waals surface area (Å²) in [6.07, 6.45) is 4.09. The van der Waals surface area contributed by atoms with Crippen LogP contribution >= 0.6 is 0 Å². The first-order valence-corrected chi connectivity index (χ1v) is 7.51. The molecule has 3 heteroatoms. The van der Waals surface area contributed by atoms with Crippen LogP contribution < -0.4 is 5.32 Å². The molecule has 0 amide bonds. The van der Waals surface area contributed by atoms with Crippen LogP contribution in [-0.4, -0.2) is 49.3 Å². The second-order valence-electron chi connectivity index (χ2n) is 6.68. The van der Waals surface area contributed by atoms with Crippen LogP contribution in [0.2, 0.25) is 0 Å². The van der Waals surface area contributed by atoms with Gasteiger partial charge in [0.05, 0.1) is 6.10 Å². The van der Waals surface area contributed by atoms with E-state index in [1.807, 2.05) is 7.11 Å². The van der Waals surface area contributed by atoms with Gasteiger partial charge in [-0.15, -0.1) is 0 Å². The Labute approximate surface area is 112 Å². The average Bonchev–Trinajstić information content (AvgIpc) is 2.38. The number of hydrogen-bond donors (Lipinski definition) is 1. The first-order valence-electron chi connectivity index (χ1n) is 7.51. The molecule has 1 N–H and O–H groups in total. The largest absolute Gasteiger partial charge is 0.381 e. The number of methoxy groups -OCH3 is 1. The lowest BCUT2D eigenvalue weighted by Gasteiger charge is -2.58. The number of nitrogens with one attached hydrogen (secondary N) is 1. The van der Waals surface area contributed by atoms with Crippen molar-refractivity contribution in [3.63, 3.8) is 0 Å². The Morgan fingerprint density at radius 2 is 1.94 bits per heavy atom. The highest BCUT2D eigenvalue weighted by molar-refractivity contribution is 5.06. The van der Waals surface area contributed by atoms with Crippen LogP contribution in [0.3, 0.4) is 0 Å². The van der Waals surface area contributed by atoms with Crippen molar-refractivity contribution in [1.82, 2.24) is 10.2 Å². The lowest BCUT2D eigenvalue weighted by molar-refractivity contribution is -0.146. The molecule has 0 aromatic rings. The maximum Gasteiger partial charge on any atom is 0.0652 e. The Bertz CT molecular complexity index is 286. The molecule has 1 aliphatic carbocycles. The van der Waals surface area contributed by atoms with Gasteiger partial charge in [0.25, 0.3) is 0 Å². The van der Waals surface area contributed by atoms with Crippen LogP contribution in [0.1, 0.15) is 47.0 Å². The zero-order chi connectivity index (χ0) is 13.4. The second kappa shape index (κ2) is 5.10. The zero-order valence-corrected chi connectivity index (χ0v) is 12.8. The maximum absolute atomic E-state index is 5.58. The Kier molecular flexibility index (Phi) is 4.05. The van der Waals surface area contributed by atoms with Gasteiger partial charge in [0, 0.05) is 43.7 Å². The molecule has 0 aromatic carbocycles. The summed E-state index contributed by atoms with van der Waals surface area (Å²) >= 11 is 0. The Balaban J connectivity index is 2.02. The third-order valence-corrected chi connectivity index (χ3v) is 5.61. The van der Waals surface area contributed by atoms with Crippen LogP contribution in [0.25, 0.3) is 0 Å². The summed E-state index contributed by atoms with van der Waals surface area (Å²) in [5.41, 5.74) is 0.645. The predicted molar refractivity (Wildman–Crippen MR) is 75.9 cm³/mol. The van der Waals surface area contributed by atoms with E-state index < -0.39 is 0 Å². The summed E-state index contributed by atoms with van der Waals surface area (Å²) in [5.74, 6) is 0. The third-order valence-electron chi connectivity index (χ3n) is 5.61. The first kappa shape index (κ1) is 14.3. The molecule has 3 nitrogen and oxygen atoms in total. The molecule has 0 radical (unpaired) electrons. The Morgan fingerprint density at radius 1 is 1.28 bits per heavy atom. The van der Waals surface area contributed by atoms with Crippen molar-refractivity contribution < 1.29 is 4.74 Å². The molecule has 1 saturated carbocycles. The monoisotopic (exact) mass is 254 g/mol. The van der Waals surface area contributed by atoms with Crippen molar-refractivity contribution >= 4 is 0 Å². The minimum absolute atomic E-state index is 0.305. The molecule has 2 atom stereocenters. The van der Waals surface area contributed by atoms with Gasteiger partial charge >= 0.3 is 0 Å². The topological polar surface area (TPSA) is 24.5 Å². The molecule has 18 heavy (non-hydrogen) atoms. The summed E-state index contributed by atoms with van der Waals surface area (Å²) < 4.78 is 5.58. The van der Waals surface area contributed by atoms with E-state index in [1.165, 1.54) is 32.4 Å². The van der Waals surface area contributed by atoms with Gasteiger partial charge in [-0.25, -0.2) is 0 Å². The summed E-state index contributed by atoms with van der Waals surface area (Å²) in [6.45, 7) is 12.9. The van der Waals surface area contributed by atoms with Crippen molar-refractivity contribution in [3.05, 3.63) is 0 Å². The van der Waals surface area contributed by atoms with E-state index in [9.17, 15) is 0 Å². The van der Waals surface area contributed by atoms with E-state index >= 15 is 0 Å². The lowest BCUT2D eigenvalue weighted by atomic mass is 9.63. The number of rotatable bonds is 4. The van der Waals surface area contributed by atoms with E-state index in [2.05, 4.69) is 37.9 Å². The highest BCUT2D eigenvalue weighted by Crippen LogP contribution is 2.46. The fourth-order valence-corrected chi connectivity index (χ4v) is 3.86. The van der Waals surface area contributed by atoms with Gasteiger partial charge in [-0.1, -0.05) is 27.7 Å². The van der Waals surface area contributed by atoms with Gasteiger partial charge in [0.2, 0.25) is 0 Å². The molecule has 2 unspecified atom stereocenters. The van der Waals surface area contributed by atoms with Crippen molar-refractivity contribution in [1.29, 1.82) is 0 Å². The number of hydrogen-bond acceptors (Lipinski definition) is 3. The SMILES string of the molecule is CCC1(CC)CN(C2CC(OC)C2(C)C)CCN1. The smallest absolute Gasteiger partial charge is 0.0652 e. The highest BCUT2D eigenvalue weighted by Gasteiger charge is 2.52. The number of nitrogens with zero attached hydrogens (tertiary/aromatic N) is 1. The lowest BCUT2D eigenvalue weighted by Crippen LogP contribution is -2.69. The van der Waals surface area contributed by atoms with Crippen molar-refractivity contribution in [3.8, 4) is 0 Å². The quantitative estimate of drug-likeness (QED) is 0.833. The van der Waals surface area contributed by atoms with Crippen molar-refractivity contribution in [2.24, 2.45) is 5.41 Å². The summed E-state index contributed by atoms with van der Waals surface area (Å²) in [6, 6.07) is 0.696. The highest BCUT2D eigenvalue weighted by atomic mass is 16.5. The fourth-order valence-electron chi connectivity index (χ4n) is 3.86. The van der Waals surface area contributed by atoms with Crippen LogP contribution in [0.15, 0.2) is 0 Å².